The Morgan fingerprint density at radius 2 is 2.09 bits per heavy atom. The highest BCUT2D eigenvalue weighted by atomic mass is 16.5. The molecule has 1 aliphatic heterocycles. The molecule has 5 heteroatoms. The second-order valence-corrected chi connectivity index (χ2v) is 5.96. The third-order valence-electron chi connectivity index (χ3n) is 3.65. The third-order valence-corrected chi connectivity index (χ3v) is 3.65. The molecule has 0 fully saturated rings. The van der Waals surface area contributed by atoms with Crippen molar-refractivity contribution in [2.75, 3.05) is 20.8 Å². The van der Waals surface area contributed by atoms with E-state index < -0.39 is 0 Å². The monoisotopic (exact) mass is 305 g/mol. The summed E-state index contributed by atoms with van der Waals surface area (Å²) >= 11 is 0. The smallest absolute Gasteiger partial charge is 0.127 e. The maximum atomic E-state index is 5.43. The lowest BCUT2D eigenvalue weighted by atomic mass is 10.0. The van der Waals surface area contributed by atoms with Crippen molar-refractivity contribution in [1.82, 2.24) is 16.2 Å². The Kier molecular flexibility index (Phi) is 6.24. The number of methoxy groups -OCH3 is 2. The molecular weight excluding hydrogens is 278 g/mol. The zero-order valence-corrected chi connectivity index (χ0v) is 13.9. The Morgan fingerprint density at radius 3 is 2.77 bits per heavy atom. The van der Waals surface area contributed by atoms with E-state index in [1.54, 1.807) is 14.2 Å². The maximum absolute atomic E-state index is 5.43. The molecule has 1 aromatic rings. The van der Waals surface area contributed by atoms with Crippen molar-refractivity contribution >= 4 is 0 Å². The van der Waals surface area contributed by atoms with Crippen LogP contribution in [0.1, 0.15) is 25.8 Å². The molecule has 5 nitrogen and oxygen atoms in total. The van der Waals surface area contributed by atoms with E-state index in [-0.39, 0.29) is 6.17 Å². The Balaban J connectivity index is 1.97. The predicted octanol–water partition coefficient (Wildman–Crippen LogP) is 2.20. The summed E-state index contributed by atoms with van der Waals surface area (Å²) in [6.07, 6.45) is 3.51. The van der Waals surface area contributed by atoms with E-state index in [2.05, 4.69) is 36.1 Å². The topological polar surface area (TPSA) is 54.5 Å². The van der Waals surface area contributed by atoms with Crippen LogP contribution in [-0.2, 0) is 6.54 Å². The molecule has 1 atom stereocenters. The molecule has 0 aromatic heterocycles. The van der Waals surface area contributed by atoms with Gasteiger partial charge >= 0.3 is 0 Å². The maximum Gasteiger partial charge on any atom is 0.127 e. The molecule has 1 aromatic carbocycles. The molecule has 22 heavy (non-hydrogen) atoms. The molecule has 0 spiro atoms. The van der Waals surface area contributed by atoms with Crippen LogP contribution < -0.4 is 25.6 Å². The van der Waals surface area contributed by atoms with Crippen LogP contribution in [0.5, 0.6) is 11.5 Å². The van der Waals surface area contributed by atoms with E-state index in [0.29, 0.717) is 5.92 Å². The van der Waals surface area contributed by atoms with Crippen molar-refractivity contribution in [3.63, 3.8) is 0 Å². The minimum Gasteiger partial charge on any atom is -0.497 e. The molecule has 0 radical (unpaired) electrons. The summed E-state index contributed by atoms with van der Waals surface area (Å²) in [5.41, 5.74) is 9.03. The van der Waals surface area contributed by atoms with Crippen LogP contribution in [0.3, 0.4) is 0 Å². The van der Waals surface area contributed by atoms with Crippen LogP contribution in [0.25, 0.3) is 0 Å². The SMILES string of the molecule is COc1ccc(CNC2C=C(CC(C)C)CNN2)c(OC)c1. The highest BCUT2D eigenvalue weighted by Gasteiger charge is 2.14. The fraction of sp³-hybridized carbons (Fsp3) is 0.529. The van der Waals surface area contributed by atoms with Gasteiger partial charge in [-0.3, -0.25) is 10.7 Å². The Labute approximate surface area is 133 Å². The molecular formula is C17H27N3O2. The number of hydrogen-bond acceptors (Lipinski definition) is 5. The first-order chi connectivity index (χ1) is 10.6. The number of nitrogens with one attached hydrogen (secondary N) is 3. The van der Waals surface area contributed by atoms with E-state index in [0.717, 1.165) is 36.6 Å². The second-order valence-electron chi connectivity index (χ2n) is 5.96. The molecule has 1 aliphatic rings. The Hall–Kier alpha value is -1.56. The van der Waals surface area contributed by atoms with E-state index in [9.17, 15) is 0 Å². The van der Waals surface area contributed by atoms with Gasteiger partial charge in [-0.05, 0) is 18.4 Å². The lowest BCUT2D eigenvalue weighted by Crippen LogP contribution is -2.51. The fourth-order valence-electron chi connectivity index (χ4n) is 2.60. The van der Waals surface area contributed by atoms with E-state index in [1.807, 2.05) is 18.2 Å². The Morgan fingerprint density at radius 1 is 1.27 bits per heavy atom. The van der Waals surface area contributed by atoms with Crippen molar-refractivity contribution in [3.05, 3.63) is 35.4 Å². The number of hydrogen-bond donors (Lipinski definition) is 3. The van der Waals surface area contributed by atoms with Crippen LogP contribution in [0.4, 0.5) is 0 Å². The van der Waals surface area contributed by atoms with Crippen molar-refractivity contribution in [3.8, 4) is 11.5 Å². The van der Waals surface area contributed by atoms with Crippen molar-refractivity contribution in [1.29, 1.82) is 0 Å². The molecule has 0 amide bonds. The molecule has 122 valence electrons. The third kappa shape index (κ3) is 4.73. The first-order valence-electron chi connectivity index (χ1n) is 7.74. The van der Waals surface area contributed by atoms with Crippen LogP contribution in [0.2, 0.25) is 0 Å². The van der Waals surface area contributed by atoms with Gasteiger partial charge in [0.2, 0.25) is 0 Å². The van der Waals surface area contributed by atoms with Crippen molar-refractivity contribution in [2.45, 2.75) is 33.0 Å². The summed E-state index contributed by atoms with van der Waals surface area (Å²) < 4.78 is 10.7. The fourth-order valence-corrected chi connectivity index (χ4v) is 2.60. The molecule has 0 saturated heterocycles. The Bertz CT molecular complexity index is 515. The summed E-state index contributed by atoms with van der Waals surface area (Å²) in [7, 11) is 3.34. The zero-order valence-electron chi connectivity index (χ0n) is 13.9. The number of ether oxygens (including phenoxy) is 2. The van der Waals surface area contributed by atoms with Gasteiger partial charge in [0.1, 0.15) is 11.5 Å². The van der Waals surface area contributed by atoms with Gasteiger partial charge in [-0.15, -0.1) is 0 Å². The molecule has 2 rings (SSSR count). The molecule has 3 N–H and O–H groups in total. The largest absolute Gasteiger partial charge is 0.497 e. The summed E-state index contributed by atoms with van der Waals surface area (Å²) in [5.74, 6) is 2.31. The number of rotatable bonds is 7. The van der Waals surface area contributed by atoms with Gasteiger partial charge in [-0.25, -0.2) is 5.43 Å². The van der Waals surface area contributed by atoms with E-state index >= 15 is 0 Å². The summed E-state index contributed by atoms with van der Waals surface area (Å²) in [4.78, 5) is 0. The van der Waals surface area contributed by atoms with Gasteiger partial charge < -0.3 is 9.47 Å². The highest BCUT2D eigenvalue weighted by Crippen LogP contribution is 2.24. The summed E-state index contributed by atoms with van der Waals surface area (Å²) in [6.45, 7) is 6.11. The van der Waals surface area contributed by atoms with Gasteiger partial charge in [0, 0.05) is 24.7 Å². The molecule has 1 heterocycles. The van der Waals surface area contributed by atoms with Gasteiger partial charge in [0.25, 0.3) is 0 Å². The average Bonchev–Trinajstić information content (AvgIpc) is 2.52. The van der Waals surface area contributed by atoms with Gasteiger partial charge in [-0.1, -0.05) is 31.6 Å². The van der Waals surface area contributed by atoms with Crippen LogP contribution in [-0.4, -0.2) is 26.9 Å². The zero-order chi connectivity index (χ0) is 15.9. The second kappa shape index (κ2) is 8.17. The minimum atomic E-state index is 0.120. The highest BCUT2D eigenvalue weighted by molar-refractivity contribution is 5.40. The van der Waals surface area contributed by atoms with Crippen LogP contribution in [0.15, 0.2) is 29.8 Å². The summed E-state index contributed by atoms with van der Waals surface area (Å²) in [5, 5.41) is 3.48. The first kappa shape index (κ1) is 16.8. The number of hydrazine groups is 1. The van der Waals surface area contributed by atoms with Crippen molar-refractivity contribution in [2.24, 2.45) is 5.92 Å². The normalized spacial score (nSPS) is 18.2. The molecule has 0 bridgehead atoms. The molecule has 0 saturated carbocycles. The van der Waals surface area contributed by atoms with Gasteiger partial charge in [0.15, 0.2) is 0 Å². The van der Waals surface area contributed by atoms with E-state index in [1.165, 1.54) is 5.57 Å². The minimum absolute atomic E-state index is 0.120. The number of benzene rings is 1. The average molecular weight is 305 g/mol. The lowest BCUT2D eigenvalue weighted by Gasteiger charge is -2.26. The van der Waals surface area contributed by atoms with E-state index in [4.69, 9.17) is 9.47 Å². The molecule has 0 aliphatic carbocycles. The van der Waals surface area contributed by atoms with Crippen molar-refractivity contribution < 1.29 is 9.47 Å². The quantitative estimate of drug-likeness (QED) is 0.674. The van der Waals surface area contributed by atoms with Gasteiger partial charge in [0.05, 0.1) is 20.4 Å². The lowest BCUT2D eigenvalue weighted by molar-refractivity contribution is 0.380. The van der Waals surface area contributed by atoms with Crippen LogP contribution in [0, 0.1) is 5.92 Å². The molecule has 1 unspecified atom stereocenters. The van der Waals surface area contributed by atoms with Gasteiger partial charge in [-0.2, -0.15) is 0 Å². The first-order valence-corrected chi connectivity index (χ1v) is 7.74. The summed E-state index contributed by atoms with van der Waals surface area (Å²) in [6, 6.07) is 5.88. The van der Waals surface area contributed by atoms with Crippen LogP contribution >= 0.6 is 0 Å². The predicted molar refractivity (Wildman–Crippen MR) is 88.9 cm³/mol. The standard InChI is InChI=1S/C17H27N3O2/c1-12(2)7-13-8-17(20-19-10-13)18-11-14-5-6-15(21-3)9-16(14)22-4/h5-6,8-9,12,17-20H,7,10-11H2,1-4H3.